The van der Waals surface area contributed by atoms with Crippen molar-refractivity contribution in [2.24, 2.45) is 5.73 Å². The molecule has 6 heteroatoms. The van der Waals surface area contributed by atoms with Gasteiger partial charge in [0.25, 0.3) is 11.8 Å². The largest absolute Gasteiger partial charge is 0.480 e. The topological polar surface area (TPSA) is 90.7 Å². The maximum Gasteiger partial charge on any atom is 0.265 e. The van der Waals surface area contributed by atoms with Crippen molar-refractivity contribution in [3.05, 3.63) is 84.4 Å². The molecule has 0 saturated heterocycles. The van der Waals surface area contributed by atoms with E-state index in [0.717, 1.165) is 5.75 Å². The molecule has 0 heterocycles. The fourth-order valence-electron chi connectivity index (χ4n) is 2.49. The van der Waals surface area contributed by atoms with E-state index in [9.17, 15) is 9.59 Å². The Kier molecular flexibility index (Phi) is 5.91. The molecule has 0 radical (unpaired) electrons. The number of para-hydroxylation sites is 2. The summed E-state index contributed by atoms with van der Waals surface area (Å²) in [6.45, 7) is 1.60. The molecule has 0 aliphatic heterocycles. The zero-order chi connectivity index (χ0) is 19.9. The van der Waals surface area contributed by atoms with Crippen molar-refractivity contribution in [3.63, 3.8) is 0 Å². The molecule has 0 fully saturated rings. The van der Waals surface area contributed by atoms with Gasteiger partial charge in [0.2, 0.25) is 0 Å². The van der Waals surface area contributed by atoms with Gasteiger partial charge in [0, 0.05) is 5.69 Å². The normalized spacial score (nSPS) is 11.3. The highest BCUT2D eigenvalue weighted by Crippen LogP contribution is 2.23. The summed E-state index contributed by atoms with van der Waals surface area (Å²) in [7, 11) is 0. The Morgan fingerprint density at radius 2 is 1.46 bits per heavy atom. The second-order valence-corrected chi connectivity index (χ2v) is 6.05. The van der Waals surface area contributed by atoms with Crippen LogP contribution >= 0.6 is 0 Å². The third-order valence-electron chi connectivity index (χ3n) is 3.93. The quantitative estimate of drug-likeness (QED) is 0.652. The van der Waals surface area contributed by atoms with Gasteiger partial charge < -0.3 is 20.5 Å². The Balaban J connectivity index is 1.60. The minimum atomic E-state index is -0.819. The van der Waals surface area contributed by atoms with Crippen LogP contribution in [0.25, 0.3) is 0 Å². The van der Waals surface area contributed by atoms with Crippen molar-refractivity contribution >= 4 is 17.5 Å². The fraction of sp³-hybridized carbons (Fsp3) is 0.0909. The number of nitrogens with one attached hydrogen (secondary N) is 1. The third-order valence-corrected chi connectivity index (χ3v) is 3.93. The molecule has 28 heavy (non-hydrogen) atoms. The predicted octanol–water partition coefficient (Wildman–Crippen LogP) is 3.98. The first kappa shape index (κ1) is 19.0. The Labute approximate surface area is 162 Å². The van der Waals surface area contributed by atoms with E-state index >= 15 is 0 Å². The van der Waals surface area contributed by atoms with Crippen molar-refractivity contribution in [2.45, 2.75) is 13.0 Å². The number of hydrogen-bond donors (Lipinski definition) is 2. The second kappa shape index (κ2) is 8.73. The number of benzene rings is 3. The number of hydrogen-bond acceptors (Lipinski definition) is 4. The van der Waals surface area contributed by atoms with Gasteiger partial charge in [-0.05, 0) is 55.5 Å². The molecule has 3 aromatic carbocycles. The molecule has 1 atom stereocenters. The Morgan fingerprint density at radius 3 is 2.14 bits per heavy atom. The zero-order valence-corrected chi connectivity index (χ0v) is 15.3. The Hall–Kier alpha value is -3.80. The van der Waals surface area contributed by atoms with E-state index in [1.807, 2.05) is 30.3 Å². The van der Waals surface area contributed by atoms with Gasteiger partial charge in [0.15, 0.2) is 6.10 Å². The summed E-state index contributed by atoms with van der Waals surface area (Å²) >= 11 is 0. The summed E-state index contributed by atoms with van der Waals surface area (Å²) < 4.78 is 11.3. The van der Waals surface area contributed by atoms with Crippen LogP contribution < -0.4 is 20.5 Å². The molecule has 142 valence electrons. The number of primary amides is 1. The van der Waals surface area contributed by atoms with E-state index in [4.69, 9.17) is 15.2 Å². The first-order chi connectivity index (χ1) is 13.5. The van der Waals surface area contributed by atoms with Crippen molar-refractivity contribution in [3.8, 4) is 17.2 Å². The average molecular weight is 376 g/mol. The van der Waals surface area contributed by atoms with Crippen LogP contribution in [0.15, 0.2) is 78.9 Å². The molecule has 3 rings (SSSR count). The molecule has 0 unspecified atom stereocenters. The highest BCUT2D eigenvalue weighted by Gasteiger charge is 2.18. The van der Waals surface area contributed by atoms with Gasteiger partial charge in [-0.2, -0.15) is 0 Å². The number of carbonyl (C=O) groups excluding carboxylic acids is 2. The first-order valence-corrected chi connectivity index (χ1v) is 8.72. The Morgan fingerprint density at radius 1 is 0.857 bits per heavy atom. The highest BCUT2D eigenvalue weighted by atomic mass is 16.5. The van der Waals surface area contributed by atoms with Crippen LogP contribution in [-0.2, 0) is 4.79 Å². The first-order valence-electron chi connectivity index (χ1n) is 8.72. The third kappa shape index (κ3) is 4.88. The molecule has 0 aliphatic rings. The molecule has 0 bridgehead atoms. The molecule has 3 N–H and O–H groups in total. The lowest BCUT2D eigenvalue weighted by atomic mass is 10.2. The lowest BCUT2D eigenvalue weighted by molar-refractivity contribution is -0.122. The summed E-state index contributed by atoms with van der Waals surface area (Å²) in [5.41, 5.74) is 6.16. The number of carbonyl (C=O) groups is 2. The maximum absolute atomic E-state index is 12.4. The number of anilines is 1. The van der Waals surface area contributed by atoms with E-state index in [1.54, 1.807) is 55.5 Å². The SMILES string of the molecule is C[C@@H](Oc1ccccc1C(N)=O)C(=O)Nc1ccc(Oc2ccccc2)cc1. The van der Waals surface area contributed by atoms with Crippen LogP contribution in [0, 0.1) is 0 Å². The second-order valence-electron chi connectivity index (χ2n) is 6.05. The molecule has 0 aliphatic carbocycles. The smallest absolute Gasteiger partial charge is 0.265 e. The van der Waals surface area contributed by atoms with Crippen molar-refractivity contribution < 1.29 is 19.1 Å². The lowest BCUT2D eigenvalue weighted by Gasteiger charge is -2.16. The van der Waals surface area contributed by atoms with Gasteiger partial charge in [-0.25, -0.2) is 0 Å². The number of rotatable bonds is 7. The lowest BCUT2D eigenvalue weighted by Crippen LogP contribution is -2.30. The predicted molar refractivity (Wildman–Crippen MR) is 107 cm³/mol. The molecular weight excluding hydrogens is 356 g/mol. The van der Waals surface area contributed by atoms with Crippen LogP contribution in [-0.4, -0.2) is 17.9 Å². The highest BCUT2D eigenvalue weighted by molar-refractivity contribution is 5.96. The Bertz CT molecular complexity index is 956. The molecule has 2 amide bonds. The van der Waals surface area contributed by atoms with Crippen molar-refractivity contribution in [2.75, 3.05) is 5.32 Å². The summed E-state index contributed by atoms with van der Waals surface area (Å²) in [4.78, 5) is 23.8. The molecular formula is C22H20N2O4. The maximum atomic E-state index is 12.4. The van der Waals surface area contributed by atoms with Crippen molar-refractivity contribution in [1.82, 2.24) is 0 Å². The minimum absolute atomic E-state index is 0.226. The van der Waals surface area contributed by atoms with E-state index in [-0.39, 0.29) is 17.2 Å². The number of ether oxygens (including phenoxy) is 2. The van der Waals surface area contributed by atoms with Crippen molar-refractivity contribution in [1.29, 1.82) is 0 Å². The van der Waals surface area contributed by atoms with E-state index < -0.39 is 12.0 Å². The van der Waals surface area contributed by atoms with Crippen LogP contribution in [0.4, 0.5) is 5.69 Å². The monoisotopic (exact) mass is 376 g/mol. The van der Waals surface area contributed by atoms with Gasteiger partial charge in [0.05, 0.1) is 5.56 Å². The fourth-order valence-corrected chi connectivity index (χ4v) is 2.49. The standard InChI is InChI=1S/C22H20N2O4/c1-15(27-20-10-6-5-9-19(20)21(23)25)22(26)24-16-11-13-18(14-12-16)28-17-7-3-2-4-8-17/h2-15H,1H3,(H2,23,25)(H,24,26)/t15-/m1/s1. The summed E-state index contributed by atoms with van der Waals surface area (Å²) in [6.07, 6.45) is -0.819. The summed E-state index contributed by atoms with van der Waals surface area (Å²) in [6, 6.07) is 22.9. The van der Waals surface area contributed by atoms with Crippen LogP contribution in [0.3, 0.4) is 0 Å². The molecule has 6 nitrogen and oxygen atoms in total. The van der Waals surface area contributed by atoms with Gasteiger partial charge in [0.1, 0.15) is 17.2 Å². The van der Waals surface area contributed by atoms with Gasteiger partial charge in [-0.15, -0.1) is 0 Å². The summed E-state index contributed by atoms with van der Waals surface area (Å²) in [5.74, 6) is 0.691. The summed E-state index contributed by atoms with van der Waals surface area (Å²) in [5, 5.41) is 2.77. The van der Waals surface area contributed by atoms with Gasteiger partial charge in [-0.1, -0.05) is 30.3 Å². The van der Waals surface area contributed by atoms with Crippen LogP contribution in [0.5, 0.6) is 17.2 Å². The molecule has 0 spiro atoms. The molecule has 0 aromatic heterocycles. The van der Waals surface area contributed by atoms with E-state index in [0.29, 0.717) is 11.4 Å². The molecule has 0 saturated carbocycles. The average Bonchev–Trinajstić information content (AvgIpc) is 2.70. The van der Waals surface area contributed by atoms with E-state index in [1.165, 1.54) is 0 Å². The molecule has 3 aromatic rings. The van der Waals surface area contributed by atoms with E-state index in [2.05, 4.69) is 5.32 Å². The van der Waals surface area contributed by atoms with Gasteiger partial charge in [-0.3, -0.25) is 9.59 Å². The number of nitrogens with two attached hydrogens (primary N) is 1. The minimum Gasteiger partial charge on any atom is -0.480 e. The number of amides is 2. The van der Waals surface area contributed by atoms with Crippen LogP contribution in [0.2, 0.25) is 0 Å². The van der Waals surface area contributed by atoms with Gasteiger partial charge >= 0.3 is 0 Å². The van der Waals surface area contributed by atoms with Crippen LogP contribution in [0.1, 0.15) is 17.3 Å². The zero-order valence-electron chi connectivity index (χ0n) is 15.3.